The number of aliphatic hydroxyl groups excluding tert-OH is 1. The summed E-state index contributed by atoms with van der Waals surface area (Å²) in [5.74, 6) is 0.950. The Balaban J connectivity index is 1.89. The van der Waals surface area contributed by atoms with Gasteiger partial charge in [0.1, 0.15) is 0 Å². The Morgan fingerprint density at radius 3 is 2.80 bits per heavy atom. The number of hydrogen-bond donors (Lipinski definition) is 2. The van der Waals surface area contributed by atoms with Gasteiger partial charge in [-0.15, -0.1) is 0 Å². The average Bonchev–Trinajstić information content (AvgIpc) is 2.67. The lowest BCUT2D eigenvalue weighted by Crippen LogP contribution is -2.23. The van der Waals surface area contributed by atoms with Crippen molar-refractivity contribution in [2.75, 3.05) is 13.6 Å². The minimum Gasteiger partial charge on any atom is -0.392 e. The molecule has 1 unspecified atom stereocenters. The lowest BCUT2D eigenvalue weighted by Gasteiger charge is -2.07. The monoisotopic (exact) mass is 143 g/mol. The molecule has 0 bridgehead atoms. The number of aliphatic hydroxyl groups is 1. The van der Waals surface area contributed by atoms with Crippen LogP contribution in [0.5, 0.6) is 0 Å². The number of hydrogen-bond acceptors (Lipinski definition) is 2. The van der Waals surface area contributed by atoms with Crippen molar-refractivity contribution in [3.63, 3.8) is 0 Å². The third-order valence-corrected chi connectivity index (χ3v) is 2.04. The summed E-state index contributed by atoms with van der Waals surface area (Å²) < 4.78 is 0. The highest BCUT2D eigenvalue weighted by Gasteiger charge is 2.21. The fourth-order valence-corrected chi connectivity index (χ4v) is 1.17. The smallest absolute Gasteiger partial charge is 0.0664 e. The van der Waals surface area contributed by atoms with Crippen molar-refractivity contribution in [3.8, 4) is 0 Å². The second-order valence-corrected chi connectivity index (χ2v) is 3.23. The van der Waals surface area contributed by atoms with Crippen LogP contribution in [0.25, 0.3) is 0 Å². The fraction of sp³-hybridized carbons (Fsp3) is 1.00. The topological polar surface area (TPSA) is 32.3 Å². The standard InChI is InChI=1S/C8H17NO/c1-9-6-8(10)5-4-7-2-3-7/h7-10H,2-6H2,1H3. The van der Waals surface area contributed by atoms with Crippen LogP contribution in [-0.2, 0) is 0 Å². The van der Waals surface area contributed by atoms with Gasteiger partial charge < -0.3 is 10.4 Å². The van der Waals surface area contributed by atoms with Gasteiger partial charge in [0.05, 0.1) is 6.10 Å². The van der Waals surface area contributed by atoms with Crippen molar-refractivity contribution in [3.05, 3.63) is 0 Å². The van der Waals surface area contributed by atoms with E-state index >= 15 is 0 Å². The van der Waals surface area contributed by atoms with E-state index in [9.17, 15) is 5.11 Å². The molecule has 2 nitrogen and oxygen atoms in total. The van der Waals surface area contributed by atoms with Crippen molar-refractivity contribution in [1.82, 2.24) is 5.32 Å². The fourth-order valence-electron chi connectivity index (χ4n) is 1.17. The van der Waals surface area contributed by atoms with Crippen LogP contribution in [0.15, 0.2) is 0 Å². The first-order valence-corrected chi connectivity index (χ1v) is 4.15. The third kappa shape index (κ3) is 3.18. The van der Waals surface area contributed by atoms with Gasteiger partial charge in [0.15, 0.2) is 0 Å². The Kier molecular flexibility index (Phi) is 3.16. The maximum Gasteiger partial charge on any atom is 0.0664 e. The Morgan fingerprint density at radius 2 is 2.30 bits per heavy atom. The zero-order valence-electron chi connectivity index (χ0n) is 6.64. The predicted molar refractivity (Wildman–Crippen MR) is 41.9 cm³/mol. The second kappa shape index (κ2) is 3.94. The first-order chi connectivity index (χ1) is 4.83. The van der Waals surface area contributed by atoms with Crippen LogP contribution in [-0.4, -0.2) is 24.8 Å². The minimum atomic E-state index is -0.120. The van der Waals surface area contributed by atoms with Gasteiger partial charge in [-0.05, 0) is 25.8 Å². The summed E-state index contributed by atoms with van der Waals surface area (Å²) >= 11 is 0. The van der Waals surface area contributed by atoms with Gasteiger partial charge in [-0.2, -0.15) is 0 Å². The molecule has 0 heterocycles. The lowest BCUT2D eigenvalue weighted by molar-refractivity contribution is 0.159. The Hall–Kier alpha value is -0.0800. The lowest BCUT2D eigenvalue weighted by atomic mass is 10.1. The summed E-state index contributed by atoms with van der Waals surface area (Å²) in [5, 5.41) is 12.2. The highest BCUT2D eigenvalue weighted by molar-refractivity contribution is 4.74. The summed E-state index contributed by atoms with van der Waals surface area (Å²) in [4.78, 5) is 0. The van der Waals surface area contributed by atoms with Crippen molar-refractivity contribution in [2.24, 2.45) is 5.92 Å². The molecule has 0 aromatic heterocycles. The molecule has 0 aromatic rings. The van der Waals surface area contributed by atoms with Crippen molar-refractivity contribution in [2.45, 2.75) is 31.8 Å². The molecule has 1 atom stereocenters. The first kappa shape index (κ1) is 8.02. The predicted octanol–water partition coefficient (Wildman–Crippen LogP) is 0.757. The highest BCUT2D eigenvalue weighted by Crippen LogP contribution is 2.33. The summed E-state index contributed by atoms with van der Waals surface area (Å²) in [6, 6.07) is 0. The maximum atomic E-state index is 9.26. The van der Waals surface area contributed by atoms with Crippen LogP contribution >= 0.6 is 0 Å². The Bertz CT molecular complexity index is 91.3. The largest absolute Gasteiger partial charge is 0.392 e. The molecule has 0 saturated heterocycles. The van der Waals surface area contributed by atoms with E-state index in [4.69, 9.17) is 0 Å². The van der Waals surface area contributed by atoms with Crippen LogP contribution in [0.2, 0.25) is 0 Å². The molecule has 0 spiro atoms. The molecule has 60 valence electrons. The van der Waals surface area contributed by atoms with E-state index in [1.165, 1.54) is 19.3 Å². The molecular formula is C8H17NO. The third-order valence-electron chi connectivity index (χ3n) is 2.04. The average molecular weight is 143 g/mol. The molecule has 2 N–H and O–H groups in total. The van der Waals surface area contributed by atoms with Crippen molar-refractivity contribution in [1.29, 1.82) is 0 Å². The zero-order chi connectivity index (χ0) is 7.40. The number of likely N-dealkylation sites (N-methyl/N-ethyl adjacent to an activating group) is 1. The van der Waals surface area contributed by atoms with Crippen LogP contribution < -0.4 is 5.32 Å². The first-order valence-electron chi connectivity index (χ1n) is 4.15. The molecule has 1 rings (SSSR count). The van der Waals surface area contributed by atoms with Gasteiger partial charge in [-0.25, -0.2) is 0 Å². The highest BCUT2D eigenvalue weighted by atomic mass is 16.3. The van der Waals surface area contributed by atoms with Crippen molar-refractivity contribution < 1.29 is 5.11 Å². The maximum absolute atomic E-state index is 9.26. The number of nitrogens with one attached hydrogen (secondary N) is 1. The molecular weight excluding hydrogens is 126 g/mol. The summed E-state index contributed by atoms with van der Waals surface area (Å²) in [6.07, 6.45) is 4.87. The molecule has 0 aromatic carbocycles. The quantitative estimate of drug-likeness (QED) is 0.595. The Labute approximate surface area is 62.6 Å². The van der Waals surface area contributed by atoms with Gasteiger partial charge in [-0.1, -0.05) is 12.8 Å². The SMILES string of the molecule is CNCC(O)CCC1CC1. The molecule has 0 radical (unpaired) electrons. The molecule has 1 saturated carbocycles. The molecule has 2 heteroatoms. The van der Waals surface area contributed by atoms with Gasteiger partial charge in [-0.3, -0.25) is 0 Å². The molecule has 10 heavy (non-hydrogen) atoms. The van der Waals surface area contributed by atoms with Gasteiger partial charge in [0.25, 0.3) is 0 Å². The number of rotatable bonds is 5. The van der Waals surface area contributed by atoms with E-state index in [1.807, 2.05) is 7.05 Å². The molecule has 1 fully saturated rings. The minimum absolute atomic E-state index is 0.120. The van der Waals surface area contributed by atoms with Crippen LogP contribution in [0.1, 0.15) is 25.7 Å². The normalized spacial score (nSPS) is 21.0. The van der Waals surface area contributed by atoms with E-state index < -0.39 is 0 Å². The molecule has 1 aliphatic rings. The van der Waals surface area contributed by atoms with E-state index in [0.29, 0.717) is 0 Å². The van der Waals surface area contributed by atoms with E-state index in [-0.39, 0.29) is 6.10 Å². The Morgan fingerprint density at radius 1 is 1.60 bits per heavy atom. The van der Waals surface area contributed by atoms with Crippen LogP contribution in [0, 0.1) is 5.92 Å². The van der Waals surface area contributed by atoms with Crippen LogP contribution in [0.4, 0.5) is 0 Å². The molecule has 1 aliphatic carbocycles. The summed E-state index contributed by atoms with van der Waals surface area (Å²) in [7, 11) is 1.88. The summed E-state index contributed by atoms with van der Waals surface area (Å²) in [6.45, 7) is 0.743. The van der Waals surface area contributed by atoms with Gasteiger partial charge in [0, 0.05) is 6.54 Å². The van der Waals surface area contributed by atoms with E-state index in [0.717, 1.165) is 18.9 Å². The summed E-state index contributed by atoms with van der Waals surface area (Å²) in [5.41, 5.74) is 0. The second-order valence-electron chi connectivity index (χ2n) is 3.23. The zero-order valence-corrected chi connectivity index (χ0v) is 6.64. The van der Waals surface area contributed by atoms with E-state index in [1.54, 1.807) is 0 Å². The van der Waals surface area contributed by atoms with Crippen LogP contribution in [0.3, 0.4) is 0 Å². The van der Waals surface area contributed by atoms with Gasteiger partial charge in [0.2, 0.25) is 0 Å². The van der Waals surface area contributed by atoms with Crippen molar-refractivity contribution >= 4 is 0 Å². The molecule has 0 aliphatic heterocycles. The van der Waals surface area contributed by atoms with E-state index in [2.05, 4.69) is 5.32 Å². The van der Waals surface area contributed by atoms with Gasteiger partial charge >= 0.3 is 0 Å². The molecule has 0 amide bonds.